The quantitative estimate of drug-likeness (QED) is 0.815. The Kier molecular flexibility index (Phi) is 4.04. The molecular formula is C13H12BFO4. The largest absolute Gasteiger partial charge is 0.493 e. The molecule has 0 aliphatic heterocycles. The fourth-order valence-corrected chi connectivity index (χ4v) is 1.59. The Hall–Kier alpha value is -2.05. The fourth-order valence-electron chi connectivity index (χ4n) is 1.59. The second kappa shape index (κ2) is 5.73. The van der Waals surface area contributed by atoms with Crippen LogP contribution in [0.1, 0.15) is 0 Å². The van der Waals surface area contributed by atoms with Gasteiger partial charge in [-0.2, -0.15) is 0 Å². The van der Waals surface area contributed by atoms with Crippen molar-refractivity contribution in [2.45, 2.75) is 0 Å². The van der Waals surface area contributed by atoms with Crippen LogP contribution in [0.25, 0.3) is 0 Å². The maximum atomic E-state index is 13.0. The molecule has 0 unspecified atom stereocenters. The standard InChI is InChI=1S/C13H12BFO4/c1-18-13-7-9(14(16)17)5-6-12(13)19-11-4-2-3-10(15)8-11/h2-8,16-17H,1H3. The molecule has 98 valence electrons. The van der Waals surface area contributed by atoms with Gasteiger partial charge in [0.05, 0.1) is 7.11 Å². The van der Waals surface area contributed by atoms with Gasteiger partial charge in [0.15, 0.2) is 11.5 Å². The first-order valence-electron chi connectivity index (χ1n) is 5.57. The molecule has 4 nitrogen and oxygen atoms in total. The van der Waals surface area contributed by atoms with Crippen LogP contribution < -0.4 is 14.9 Å². The molecule has 0 fully saturated rings. The van der Waals surface area contributed by atoms with Crippen molar-refractivity contribution in [3.05, 3.63) is 48.3 Å². The van der Waals surface area contributed by atoms with E-state index in [9.17, 15) is 4.39 Å². The third-order valence-electron chi connectivity index (χ3n) is 2.51. The second-order valence-corrected chi connectivity index (χ2v) is 3.84. The van der Waals surface area contributed by atoms with E-state index in [1.165, 1.54) is 43.5 Å². The summed E-state index contributed by atoms with van der Waals surface area (Å²) in [5.41, 5.74) is 0.281. The molecule has 0 bridgehead atoms. The number of hydrogen-bond acceptors (Lipinski definition) is 4. The first-order valence-corrected chi connectivity index (χ1v) is 5.57. The van der Waals surface area contributed by atoms with Gasteiger partial charge in [0, 0.05) is 6.07 Å². The van der Waals surface area contributed by atoms with E-state index in [-0.39, 0.29) is 5.46 Å². The van der Waals surface area contributed by atoms with E-state index < -0.39 is 12.9 Å². The Morgan fingerprint density at radius 2 is 1.84 bits per heavy atom. The van der Waals surface area contributed by atoms with Crippen molar-refractivity contribution in [3.8, 4) is 17.2 Å². The molecule has 0 aliphatic carbocycles. The maximum absolute atomic E-state index is 13.0. The molecule has 0 atom stereocenters. The van der Waals surface area contributed by atoms with Gasteiger partial charge in [0.25, 0.3) is 0 Å². The molecule has 6 heteroatoms. The molecule has 0 aromatic heterocycles. The molecule has 2 N–H and O–H groups in total. The predicted molar refractivity (Wildman–Crippen MR) is 69.3 cm³/mol. The summed E-state index contributed by atoms with van der Waals surface area (Å²) in [7, 11) is -0.154. The van der Waals surface area contributed by atoms with Crippen LogP contribution in [0.2, 0.25) is 0 Å². The van der Waals surface area contributed by atoms with Crippen LogP contribution in [-0.2, 0) is 0 Å². The highest BCUT2D eigenvalue weighted by atomic mass is 19.1. The van der Waals surface area contributed by atoms with E-state index in [0.29, 0.717) is 17.2 Å². The lowest BCUT2D eigenvalue weighted by Crippen LogP contribution is -2.29. The van der Waals surface area contributed by atoms with E-state index in [0.717, 1.165) is 0 Å². The Bertz CT molecular complexity index is 574. The van der Waals surface area contributed by atoms with Gasteiger partial charge >= 0.3 is 7.12 Å². The molecule has 0 spiro atoms. The number of benzene rings is 2. The van der Waals surface area contributed by atoms with E-state index in [2.05, 4.69) is 0 Å². The Labute approximate surface area is 110 Å². The first kappa shape index (κ1) is 13.4. The average molecular weight is 262 g/mol. The molecule has 0 saturated carbocycles. The number of methoxy groups -OCH3 is 1. The van der Waals surface area contributed by atoms with Crippen molar-refractivity contribution < 1.29 is 23.9 Å². The molecule has 2 rings (SSSR count). The molecule has 2 aromatic rings. The van der Waals surface area contributed by atoms with Gasteiger partial charge in [0.1, 0.15) is 11.6 Å². The lowest BCUT2D eigenvalue weighted by atomic mass is 9.80. The summed E-state index contributed by atoms with van der Waals surface area (Å²) < 4.78 is 23.6. The topological polar surface area (TPSA) is 58.9 Å². The number of ether oxygens (including phenoxy) is 2. The second-order valence-electron chi connectivity index (χ2n) is 3.84. The first-order chi connectivity index (χ1) is 9.10. The summed E-state index contributed by atoms with van der Waals surface area (Å²) in [6.07, 6.45) is 0. The average Bonchev–Trinajstić information content (AvgIpc) is 2.39. The summed E-state index contributed by atoms with van der Waals surface area (Å²) in [5, 5.41) is 18.1. The highest BCUT2D eigenvalue weighted by Crippen LogP contribution is 2.30. The minimum atomic E-state index is -1.59. The van der Waals surface area contributed by atoms with E-state index >= 15 is 0 Å². The van der Waals surface area contributed by atoms with E-state index in [1.54, 1.807) is 6.07 Å². The summed E-state index contributed by atoms with van der Waals surface area (Å²) in [6.45, 7) is 0. The number of hydrogen-bond donors (Lipinski definition) is 2. The van der Waals surface area contributed by atoms with E-state index in [4.69, 9.17) is 19.5 Å². The Balaban J connectivity index is 2.29. The summed E-state index contributed by atoms with van der Waals surface area (Å²) in [4.78, 5) is 0. The van der Waals surface area contributed by atoms with Gasteiger partial charge in [-0.05, 0) is 29.7 Å². The minimum absolute atomic E-state index is 0.281. The zero-order valence-corrected chi connectivity index (χ0v) is 10.2. The number of rotatable bonds is 4. The molecule has 0 radical (unpaired) electrons. The zero-order chi connectivity index (χ0) is 13.8. The van der Waals surface area contributed by atoms with Crippen LogP contribution in [0.4, 0.5) is 4.39 Å². The lowest BCUT2D eigenvalue weighted by molar-refractivity contribution is 0.377. The monoisotopic (exact) mass is 262 g/mol. The third-order valence-corrected chi connectivity index (χ3v) is 2.51. The van der Waals surface area contributed by atoms with Crippen molar-refractivity contribution in [2.75, 3.05) is 7.11 Å². The molecule has 0 amide bonds. The Morgan fingerprint density at radius 1 is 1.05 bits per heavy atom. The predicted octanol–water partition coefficient (Wildman–Crippen LogP) is 1.31. The van der Waals surface area contributed by atoms with Crippen molar-refractivity contribution in [1.29, 1.82) is 0 Å². The van der Waals surface area contributed by atoms with Crippen LogP contribution >= 0.6 is 0 Å². The van der Waals surface area contributed by atoms with Gasteiger partial charge < -0.3 is 19.5 Å². The molecule has 0 heterocycles. The van der Waals surface area contributed by atoms with Gasteiger partial charge in [-0.1, -0.05) is 12.1 Å². The highest BCUT2D eigenvalue weighted by Gasteiger charge is 2.15. The molecule has 2 aromatic carbocycles. The smallest absolute Gasteiger partial charge is 0.488 e. The van der Waals surface area contributed by atoms with Gasteiger partial charge in [-0.15, -0.1) is 0 Å². The zero-order valence-electron chi connectivity index (χ0n) is 10.2. The van der Waals surface area contributed by atoms with Crippen molar-refractivity contribution >= 4 is 12.6 Å². The highest BCUT2D eigenvalue weighted by molar-refractivity contribution is 6.58. The van der Waals surface area contributed by atoms with Crippen molar-refractivity contribution in [3.63, 3.8) is 0 Å². The lowest BCUT2D eigenvalue weighted by Gasteiger charge is -2.11. The molecule has 0 aliphatic rings. The minimum Gasteiger partial charge on any atom is -0.493 e. The molecular weight excluding hydrogens is 250 g/mol. The summed E-state index contributed by atoms with van der Waals surface area (Å²) >= 11 is 0. The van der Waals surface area contributed by atoms with Gasteiger partial charge in [-0.3, -0.25) is 0 Å². The number of halogens is 1. The third kappa shape index (κ3) is 3.24. The van der Waals surface area contributed by atoms with Gasteiger partial charge in [-0.25, -0.2) is 4.39 Å². The molecule has 19 heavy (non-hydrogen) atoms. The van der Waals surface area contributed by atoms with E-state index in [1.807, 2.05) is 0 Å². The summed E-state index contributed by atoms with van der Waals surface area (Å²) in [5.74, 6) is 0.613. The maximum Gasteiger partial charge on any atom is 0.488 e. The Morgan fingerprint density at radius 3 is 2.47 bits per heavy atom. The SMILES string of the molecule is COc1cc(B(O)O)ccc1Oc1cccc(F)c1. The van der Waals surface area contributed by atoms with Crippen molar-refractivity contribution in [1.82, 2.24) is 0 Å². The van der Waals surface area contributed by atoms with Gasteiger partial charge in [0.2, 0.25) is 0 Å². The van der Waals surface area contributed by atoms with Crippen LogP contribution in [0.5, 0.6) is 17.2 Å². The van der Waals surface area contributed by atoms with Crippen molar-refractivity contribution in [2.24, 2.45) is 0 Å². The van der Waals surface area contributed by atoms with Crippen LogP contribution in [-0.4, -0.2) is 24.3 Å². The van der Waals surface area contributed by atoms with Crippen LogP contribution in [0.3, 0.4) is 0 Å². The normalized spacial score (nSPS) is 10.1. The fraction of sp³-hybridized carbons (Fsp3) is 0.0769. The summed E-state index contributed by atoms with van der Waals surface area (Å²) in [6, 6.07) is 10.2. The van der Waals surface area contributed by atoms with Crippen LogP contribution in [0.15, 0.2) is 42.5 Å². The molecule has 0 saturated heterocycles. The van der Waals surface area contributed by atoms with Crippen LogP contribution in [0, 0.1) is 5.82 Å².